The van der Waals surface area contributed by atoms with E-state index in [2.05, 4.69) is 0 Å². The van der Waals surface area contributed by atoms with E-state index in [4.69, 9.17) is 4.74 Å². The van der Waals surface area contributed by atoms with Crippen molar-refractivity contribution in [2.24, 2.45) is 0 Å². The molecule has 0 aliphatic carbocycles. The molecule has 0 aromatic heterocycles. The average molecular weight is 318 g/mol. The number of benzene rings is 1. The van der Waals surface area contributed by atoms with Crippen LogP contribution in [0.4, 0.5) is 5.69 Å². The number of para-hydroxylation sites is 1. The number of rotatable bonds is 6. The Labute approximate surface area is 138 Å². The Morgan fingerprint density at radius 2 is 2.00 bits per heavy atom. The molecule has 5 nitrogen and oxygen atoms in total. The Kier molecular flexibility index (Phi) is 6.44. The van der Waals surface area contributed by atoms with Gasteiger partial charge in [0.25, 0.3) is 0 Å². The molecule has 1 aromatic rings. The Morgan fingerprint density at radius 3 is 2.70 bits per heavy atom. The monoisotopic (exact) mass is 318 g/mol. The first kappa shape index (κ1) is 17.3. The zero-order chi connectivity index (χ0) is 16.7. The van der Waals surface area contributed by atoms with Crippen molar-refractivity contribution in [1.29, 1.82) is 0 Å². The quantitative estimate of drug-likeness (QED) is 0.756. The Balaban J connectivity index is 1.96. The van der Waals surface area contributed by atoms with E-state index in [0.29, 0.717) is 19.6 Å². The van der Waals surface area contributed by atoms with Crippen LogP contribution in [0.2, 0.25) is 0 Å². The molecule has 1 aliphatic heterocycles. The number of anilines is 1. The van der Waals surface area contributed by atoms with Crippen LogP contribution in [0.5, 0.6) is 0 Å². The third-order valence-electron chi connectivity index (χ3n) is 4.22. The molecule has 2 rings (SSSR count). The van der Waals surface area contributed by atoms with Gasteiger partial charge in [-0.2, -0.15) is 0 Å². The summed E-state index contributed by atoms with van der Waals surface area (Å²) in [5.74, 6) is -0.140. The van der Waals surface area contributed by atoms with Gasteiger partial charge in [-0.15, -0.1) is 0 Å². The predicted molar refractivity (Wildman–Crippen MR) is 90.3 cm³/mol. The number of piperidine rings is 1. The summed E-state index contributed by atoms with van der Waals surface area (Å²) in [6.07, 6.45) is 3.23. The summed E-state index contributed by atoms with van der Waals surface area (Å²) in [5.41, 5.74) is 1.01. The Hall–Kier alpha value is -2.04. The van der Waals surface area contributed by atoms with Crippen LogP contribution in [0.3, 0.4) is 0 Å². The average Bonchev–Trinajstić information content (AvgIpc) is 2.56. The van der Waals surface area contributed by atoms with Gasteiger partial charge < -0.3 is 14.5 Å². The van der Waals surface area contributed by atoms with E-state index in [0.717, 1.165) is 31.5 Å². The summed E-state index contributed by atoms with van der Waals surface area (Å²) in [7, 11) is 1.91. The van der Waals surface area contributed by atoms with Gasteiger partial charge in [0.1, 0.15) is 0 Å². The summed E-state index contributed by atoms with van der Waals surface area (Å²) >= 11 is 0. The van der Waals surface area contributed by atoms with Gasteiger partial charge in [0.15, 0.2) is 0 Å². The highest BCUT2D eigenvalue weighted by Gasteiger charge is 2.29. The molecule has 0 radical (unpaired) electrons. The SMILES string of the molecule is CCOC(=O)CC1CCCCN1C(=O)CN(C)c1ccccc1. The number of carbonyl (C=O) groups excluding carboxylic acids is 2. The molecule has 1 fully saturated rings. The van der Waals surface area contributed by atoms with Gasteiger partial charge in [0, 0.05) is 25.3 Å². The third-order valence-corrected chi connectivity index (χ3v) is 4.22. The number of likely N-dealkylation sites (N-methyl/N-ethyl adjacent to an activating group) is 1. The summed E-state index contributed by atoms with van der Waals surface area (Å²) in [4.78, 5) is 28.2. The van der Waals surface area contributed by atoms with Crippen LogP contribution in [-0.4, -0.2) is 49.6 Å². The Morgan fingerprint density at radius 1 is 1.26 bits per heavy atom. The lowest BCUT2D eigenvalue weighted by Gasteiger charge is -2.36. The number of likely N-dealkylation sites (tertiary alicyclic amines) is 1. The smallest absolute Gasteiger partial charge is 0.307 e. The van der Waals surface area contributed by atoms with Gasteiger partial charge in [-0.25, -0.2) is 0 Å². The zero-order valence-corrected chi connectivity index (χ0v) is 14.0. The fourth-order valence-electron chi connectivity index (χ4n) is 3.02. The molecule has 126 valence electrons. The molecule has 1 aromatic carbocycles. The van der Waals surface area contributed by atoms with Crippen molar-refractivity contribution in [1.82, 2.24) is 4.90 Å². The maximum absolute atomic E-state index is 12.7. The standard InChI is InChI=1S/C18H26N2O3/c1-3-23-18(22)13-16-11-7-8-12-20(16)17(21)14-19(2)15-9-5-4-6-10-15/h4-6,9-10,16H,3,7-8,11-14H2,1-2H3. The van der Waals surface area contributed by atoms with Gasteiger partial charge in [0.2, 0.25) is 5.91 Å². The van der Waals surface area contributed by atoms with Crippen LogP contribution in [0.25, 0.3) is 0 Å². The normalized spacial score (nSPS) is 17.7. The van der Waals surface area contributed by atoms with Gasteiger partial charge in [0.05, 0.1) is 19.6 Å². The van der Waals surface area contributed by atoms with Crippen LogP contribution in [-0.2, 0) is 14.3 Å². The Bertz CT molecular complexity index is 518. The van der Waals surface area contributed by atoms with E-state index in [-0.39, 0.29) is 17.9 Å². The molecule has 1 heterocycles. The second kappa shape index (κ2) is 8.56. The van der Waals surface area contributed by atoms with Crippen LogP contribution in [0.15, 0.2) is 30.3 Å². The zero-order valence-electron chi connectivity index (χ0n) is 14.0. The molecule has 1 saturated heterocycles. The second-order valence-electron chi connectivity index (χ2n) is 5.94. The number of ether oxygens (including phenoxy) is 1. The number of esters is 1. The van der Waals surface area contributed by atoms with Gasteiger partial charge in [-0.3, -0.25) is 9.59 Å². The van der Waals surface area contributed by atoms with Gasteiger partial charge in [-0.05, 0) is 38.3 Å². The first-order valence-electron chi connectivity index (χ1n) is 8.33. The van der Waals surface area contributed by atoms with E-state index in [1.165, 1.54) is 0 Å². The largest absolute Gasteiger partial charge is 0.466 e. The van der Waals surface area contributed by atoms with E-state index in [1.807, 2.05) is 47.2 Å². The van der Waals surface area contributed by atoms with Crippen molar-refractivity contribution in [3.63, 3.8) is 0 Å². The van der Waals surface area contributed by atoms with Crippen molar-refractivity contribution in [2.75, 3.05) is 31.6 Å². The lowest BCUT2D eigenvalue weighted by Crippen LogP contribution is -2.48. The topological polar surface area (TPSA) is 49.9 Å². The number of hydrogen-bond acceptors (Lipinski definition) is 4. The van der Waals surface area contributed by atoms with Crippen molar-refractivity contribution in [3.05, 3.63) is 30.3 Å². The molecule has 1 atom stereocenters. The van der Waals surface area contributed by atoms with Crippen LogP contribution in [0.1, 0.15) is 32.6 Å². The van der Waals surface area contributed by atoms with E-state index >= 15 is 0 Å². The molecule has 0 bridgehead atoms. The minimum Gasteiger partial charge on any atom is -0.466 e. The number of nitrogens with zero attached hydrogens (tertiary/aromatic N) is 2. The van der Waals surface area contributed by atoms with Crippen molar-refractivity contribution < 1.29 is 14.3 Å². The molecule has 0 N–H and O–H groups in total. The lowest BCUT2D eigenvalue weighted by molar-refractivity contribution is -0.146. The fraction of sp³-hybridized carbons (Fsp3) is 0.556. The van der Waals surface area contributed by atoms with E-state index in [9.17, 15) is 9.59 Å². The van der Waals surface area contributed by atoms with Crippen LogP contribution >= 0.6 is 0 Å². The molecule has 0 spiro atoms. The molecule has 23 heavy (non-hydrogen) atoms. The summed E-state index contributed by atoms with van der Waals surface area (Å²) < 4.78 is 5.04. The molecule has 5 heteroatoms. The number of carbonyl (C=O) groups is 2. The summed E-state index contributed by atoms with van der Waals surface area (Å²) in [6, 6.07) is 9.82. The molecule has 1 aliphatic rings. The van der Waals surface area contributed by atoms with Crippen molar-refractivity contribution in [3.8, 4) is 0 Å². The van der Waals surface area contributed by atoms with E-state index < -0.39 is 0 Å². The molecule has 0 saturated carbocycles. The molecule has 1 amide bonds. The minimum atomic E-state index is -0.214. The van der Waals surface area contributed by atoms with Gasteiger partial charge in [-0.1, -0.05) is 18.2 Å². The molecule has 1 unspecified atom stereocenters. The van der Waals surface area contributed by atoms with E-state index in [1.54, 1.807) is 6.92 Å². The van der Waals surface area contributed by atoms with Gasteiger partial charge >= 0.3 is 5.97 Å². The maximum atomic E-state index is 12.7. The highest BCUT2D eigenvalue weighted by molar-refractivity contribution is 5.82. The second-order valence-corrected chi connectivity index (χ2v) is 5.94. The maximum Gasteiger partial charge on any atom is 0.307 e. The van der Waals surface area contributed by atoms with Crippen LogP contribution in [0, 0.1) is 0 Å². The molecular formula is C18H26N2O3. The minimum absolute atomic E-state index is 0.0283. The van der Waals surface area contributed by atoms with Crippen LogP contribution < -0.4 is 4.90 Å². The van der Waals surface area contributed by atoms with Crippen molar-refractivity contribution in [2.45, 2.75) is 38.6 Å². The molecular weight excluding hydrogens is 292 g/mol. The first-order valence-corrected chi connectivity index (χ1v) is 8.33. The lowest BCUT2D eigenvalue weighted by atomic mass is 9.99. The summed E-state index contributed by atoms with van der Waals surface area (Å²) in [6.45, 7) is 3.24. The summed E-state index contributed by atoms with van der Waals surface area (Å²) in [5, 5.41) is 0. The number of hydrogen-bond donors (Lipinski definition) is 0. The number of amides is 1. The third kappa shape index (κ3) is 4.98. The highest BCUT2D eigenvalue weighted by atomic mass is 16.5. The van der Waals surface area contributed by atoms with Crippen molar-refractivity contribution >= 4 is 17.6 Å². The predicted octanol–water partition coefficient (Wildman–Crippen LogP) is 2.46. The fourth-order valence-corrected chi connectivity index (χ4v) is 3.02. The first-order chi connectivity index (χ1) is 11.1. The highest BCUT2D eigenvalue weighted by Crippen LogP contribution is 2.21.